The van der Waals surface area contributed by atoms with Gasteiger partial charge < -0.3 is 11.1 Å². The first-order chi connectivity index (χ1) is 8.87. The summed E-state index contributed by atoms with van der Waals surface area (Å²) in [6, 6.07) is 6.22. The molecule has 0 radical (unpaired) electrons. The number of amides is 1. The van der Waals surface area contributed by atoms with Crippen molar-refractivity contribution >= 4 is 5.91 Å². The Hall–Kier alpha value is -1.42. The summed E-state index contributed by atoms with van der Waals surface area (Å²) in [7, 11) is 0. The summed E-state index contributed by atoms with van der Waals surface area (Å²) < 4.78 is 12.7. The van der Waals surface area contributed by atoms with Crippen molar-refractivity contribution in [1.29, 1.82) is 0 Å². The third kappa shape index (κ3) is 4.63. The highest BCUT2D eigenvalue weighted by Gasteiger charge is 2.28. The van der Waals surface area contributed by atoms with Crippen LogP contribution in [0.3, 0.4) is 0 Å². The lowest BCUT2D eigenvalue weighted by Gasteiger charge is -2.33. The highest BCUT2D eigenvalue weighted by Crippen LogP contribution is 2.15. The Balaban J connectivity index is 2.50. The van der Waals surface area contributed by atoms with E-state index in [1.165, 1.54) is 12.1 Å². The average molecular weight is 266 g/mol. The number of nitrogens with one attached hydrogen (secondary N) is 1. The van der Waals surface area contributed by atoms with E-state index in [1.54, 1.807) is 12.1 Å². The van der Waals surface area contributed by atoms with Crippen molar-refractivity contribution in [2.45, 2.75) is 39.2 Å². The predicted molar refractivity (Wildman–Crippen MR) is 75.2 cm³/mol. The Bertz CT molecular complexity index is 417. The minimum Gasteiger partial charge on any atom is -0.349 e. The smallest absolute Gasteiger partial charge is 0.220 e. The normalized spacial score (nSPS) is 14.2. The Labute approximate surface area is 114 Å². The molecule has 106 valence electrons. The second-order valence-corrected chi connectivity index (χ2v) is 5.45. The molecule has 19 heavy (non-hydrogen) atoms. The number of benzene rings is 1. The molecule has 0 saturated carbocycles. The molecule has 0 bridgehead atoms. The first-order valence-electron chi connectivity index (χ1n) is 6.63. The van der Waals surface area contributed by atoms with Gasteiger partial charge in [0.1, 0.15) is 5.82 Å². The number of rotatable bonds is 6. The molecule has 0 aliphatic heterocycles. The molecule has 3 N–H and O–H groups in total. The molecule has 4 heteroatoms. The molecule has 1 aromatic rings. The number of halogens is 1. The molecule has 0 spiro atoms. The van der Waals surface area contributed by atoms with Gasteiger partial charge in [0.15, 0.2) is 0 Å². The number of hydrogen-bond acceptors (Lipinski definition) is 2. The summed E-state index contributed by atoms with van der Waals surface area (Å²) >= 11 is 0. The van der Waals surface area contributed by atoms with E-state index in [0.29, 0.717) is 19.4 Å². The van der Waals surface area contributed by atoms with Crippen molar-refractivity contribution in [3.05, 3.63) is 35.6 Å². The Morgan fingerprint density at radius 2 is 1.95 bits per heavy atom. The van der Waals surface area contributed by atoms with Crippen molar-refractivity contribution in [3.63, 3.8) is 0 Å². The molecule has 0 aliphatic carbocycles. The molecule has 0 aromatic heterocycles. The van der Waals surface area contributed by atoms with Crippen molar-refractivity contribution < 1.29 is 9.18 Å². The minimum absolute atomic E-state index is 0.0222. The zero-order valence-electron chi connectivity index (χ0n) is 11.9. The van der Waals surface area contributed by atoms with Crippen LogP contribution in [-0.4, -0.2) is 18.0 Å². The standard InChI is InChI=1S/C15H23FN2O/c1-11(2)15(3,10-17)18-14(19)9-6-12-4-7-13(16)8-5-12/h4-5,7-8,11H,6,9-10,17H2,1-3H3,(H,18,19). The van der Waals surface area contributed by atoms with Crippen molar-refractivity contribution in [1.82, 2.24) is 5.32 Å². The first kappa shape index (κ1) is 15.6. The monoisotopic (exact) mass is 266 g/mol. The number of aryl methyl sites for hydroxylation is 1. The van der Waals surface area contributed by atoms with Gasteiger partial charge in [-0.2, -0.15) is 0 Å². The fraction of sp³-hybridized carbons (Fsp3) is 0.533. The fourth-order valence-electron chi connectivity index (χ4n) is 1.72. The van der Waals surface area contributed by atoms with Crippen LogP contribution in [0.5, 0.6) is 0 Å². The lowest BCUT2D eigenvalue weighted by atomic mass is 9.88. The Morgan fingerprint density at radius 3 is 2.42 bits per heavy atom. The predicted octanol–water partition coefficient (Wildman–Crippen LogP) is 2.25. The van der Waals surface area contributed by atoms with Gasteiger partial charge in [0.05, 0.1) is 5.54 Å². The lowest BCUT2D eigenvalue weighted by Crippen LogP contribution is -2.55. The first-order valence-corrected chi connectivity index (χ1v) is 6.63. The molecule has 1 amide bonds. The van der Waals surface area contributed by atoms with E-state index in [1.807, 2.05) is 20.8 Å². The average Bonchev–Trinajstić information content (AvgIpc) is 2.37. The number of carbonyl (C=O) groups is 1. The second-order valence-electron chi connectivity index (χ2n) is 5.45. The molecular formula is C15H23FN2O. The van der Waals surface area contributed by atoms with Crippen molar-refractivity contribution in [2.75, 3.05) is 6.54 Å². The minimum atomic E-state index is -0.375. The molecule has 0 aliphatic rings. The SMILES string of the molecule is CC(C)C(C)(CN)NC(=O)CCc1ccc(F)cc1. The molecule has 1 atom stereocenters. The third-order valence-electron chi connectivity index (χ3n) is 3.68. The fourth-order valence-corrected chi connectivity index (χ4v) is 1.72. The van der Waals surface area contributed by atoms with Gasteiger partial charge in [-0.25, -0.2) is 4.39 Å². The highest BCUT2D eigenvalue weighted by molar-refractivity contribution is 5.77. The molecule has 3 nitrogen and oxygen atoms in total. The van der Waals surface area contributed by atoms with Gasteiger partial charge in [0.2, 0.25) is 5.91 Å². The second kappa shape index (κ2) is 6.66. The van der Waals surface area contributed by atoms with Crippen LogP contribution in [0.2, 0.25) is 0 Å². The van der Waals surface area contributed by atoms with Crippen LogP contribution in [0.4, 0.5) is 4.39 Å². The van der Waals surface area contributed by atoms with E-state index >= 15 is 0 Å². The highest BCUT2D eigenvalue weighted by atomic mass is 19.1. The zero-order valence-corrected chi connectivity index (χ0v) is 11.9. The molecule has 1 unspecified atom stereocenters. The van der Waals surface area contributed by atoms with Crippen LogP contribution in [0.15, 0.2) is 24.3 Å². The van der Waals surface area contributed by atoms with Crippen LogP contribution in [0.25, 0.3) is 0 Å². The summed E-state index contributed by atoms with van der Waals surface area (Å²) in [6.07, 6.45) is 0.985. The molecule has 1 aromatic carbocycles. The summed E-state index contributed by atoms with van der Waals surface area (Å²) in [5.41, 5.74) is 6.30. The van der Waals surface area contributed by atoms with Crippen molar-refractivity contribution in [3.8, 4) is 0 Å². The van der Waals surface area contributed by atoms with Crippen LogP contribution < -0.4 is 11.1 Å². The zero-order chi connectivity index (χ0) is 14.5. The van der Waals surface area contributed by atoms with Crippen LogP contribution >= 0.6 is 0 Å². The Morgan fingerprint density at radius 1 is 1.37 bits per heavy atom. The summed E-state index contributed by atoms with van der Waals surface area (Å²) in [5, 5.41) is 2.99. The summed E-state index contributed by atoms with van der Waals surface area (Å²) in [5.74, 6) is -0.0121. The molecule has 0 fully saturated rings. The van der Waals surface area contributed by atoms with Gasteiger partial charge in [-0.3, -0.25) is 4.79 Å². The largest absolute Gasteiger partial charge is 0.349 e. The molecular weight excluding hydrogens is 243 g/mol. The number of hydrogen-bond donors (Lipinski definition) is 2. The van der Waals surface area contributed by atoms with E-state index in [0.717, 1.165) is 5.56 Å². The van der Waals surface area contributed by atoms with E-state index < -0.39 is 0 Å². The molecule has 1 rings (SSSR count). The van der Waals surface area contributed by atoms with Crippen LogP contribution in [0, 0.1) is 11.7 Å². The molecule has 0 saturated heterocycles. The Kier molecular flexibility index (Phi) is 5.48. The van der Waals surface area contributed by atoms with Gasteiger partial charge >= 0.3 is 0 Å². The van der Waals surface area contributed by atoms with E-state index in [-0.39, 0.29) is 23.2 Å². The van der Waals surface area contributed by atoms with Crippen molar-refractivity contribution in [2.24, 2.45) is 11.7 Å². The van der Waals surface area contributed by atoms with Gasteiger partial charge in [-0.15, -0.1) is 0 Å². The number of nitrogens with two attached hydrogens (primary N) is 1. The number of carbonyl (C=O) groups excluding carboxylic acids is 1. The van der Waals surface area contributed by atoms with Gasteiger partial charge in [-0.1, -0.05) is 26.0 Å². The van der Waals surface area contributed by atoms with Crippen LogP contribution in [0.1, 0.15) is 32.8 Å². The summed E-state index contributed by atoms with van der Waals surface area (Å²) in [6.45, 7) is 6.43. The quantitative estimate of drug-likeness (QED) is 0.829. The maximum Gasteiger partial charge on any atom is 0.220 e. The van der Waals surface area contributed by atoms with Gasteiger partial charge in [0.25, 0.3) is 0 Å². The van der Waals surface area contributed by atoms with Crippen LogP contribution in [-0.2, 0) is 11.2 Å². The molecule has 0 heterocycles. The maximum atomic E-state index is 12.7. The van der Waals surface area contributed by atoms with E-state index in [4.69, 9.17) is 5.73 Å². The van der Waals surface area contributed by atoms with E-state index in [2.05, 4.69) is 5.32 Å². The van der Waals surface area contributed by atoms with Gasteiger partial charge in [0, 0.05) is 13.0 Å². The third-order valence-corrected chi connectivity index (χ3v) is 3.68. The maximum absolute atomic E-state index is 12.7. The van der Waals surface area contributed by atoms with Gasteiger partial charge in [-0.05, 0) is 37.0 Å². The topological polar surface area (TPSA) is 55.1 Å². The summed E-state index contributed by atoms with van der Waals surface area (Å²) in [4.78, 5) is 11.9. The van der Waals surface area contributed by atoms with E-state index in [9.17, 15) is 9.18 Å². The lowest BCUT2D eigenvalue weighted by molar-refractivity contribution is -0.123.